The molecule has 4 heterocycles. The van der Waals surface area contributed by atoms with Crippen molar-refractivity contribution < 1.29 is 4.79 Å². The van der Waals surface area contributed by atoms with E-state index in [9.17, 15) is 4.79 Å². The fourth-order valence-electron chi connectivity index (χ4n) is 4.86. The van der Waals surface area contributed by atoms with Gasteiger partial charge in [-0.3, -0.25) is 14.8 Å². The Morgan fingerprint density at radius 1 is 1.21 bits per heavy atom. The molecule has 2 saturated heterocycles. The van der Waals surface area contributed by atoms with Crippen LogP contribution < -0.4 is 0 Å². The Kier molecular flexibility index (Phi) is 4.52. The summed E-state index contributed by atoms with van der Waals surface area (Å²) in [4.78, 5) is 23.8. The number of thiophene rings is 1. The van der Waals surface area contributed by atoms with Crippen molar-refractivity contribution in [3.8, 4) is 0 Å². The smallest absolute Gasteiger partial charge is 0.253 e. The van der Waals surface area contributed by atoms with Gasteiger partial charge in [-0.2, -0.15) is 5.10 Å². The van der Waals surface area contributed by atoms with Gasteiger partial charge in [0.1, 0.15) is 5.82 Å². The fraction of sp³-hybridized carbons (Fsp3) is 0.409. The Bertz CT molecular complexity index is 1030. The van der Waals surface area contributed by atoms with Crippen molar-refractivity contribution in [1.82, 2.24) is 25.0 Å². The van der Waals surface area contributed by atoms with Gasteiger partial charge in [-0.15, -0.1) is 11.3 Å². The Hall–Kier alpha value is -2.51. The number of carbonyl (C=O) groups is 1. The first-order valence-corrected chi connectivity index (χ1v) is 10.9. The fourth-order valence-corrected chi connectivity index (χ4v) is 5.81. The summed E-state index contributed by atoms with van der Waals surface area (Å²) >= 11 is 1.82. The van der Waals surface area contributed by atoms with Gasteiger partial charge in [-0.25, -0.2) is 4.98 Å². The first kappa shape index (κ1) is 18.5. The molecule has 0 bridgehead atoms. The van der Waals surface area contributed by atoms with E-state index in [2.05, 4.69) is 33.5 Å². The molecule has 1 aromatic carbocycles. The largest absolute Gasteiger partial charge is 0.337 e. The highest BCUT2D eigenvalue weighted by Gasteiger charge is 2.56. The number of fused-ring (bicyclic) bond motifs is 1. The third-order valence-corrected chi connectivity index (χ3v) is 7.37. The Labute approximate surface area is 174 Å². The lowest BCUT2D eigenvalue weighted by Gasteiger charge is -2.27. The van der Waals surface area contributed by atoms with Gasteiger partial charge >= 0.3 is 0 Å². The third-order valence-electron chi connectivity index (χ3n) is 6.37. The van der Waals surface area contributed by atoms with E-state index in [4.69, 9.17) is 4.98 Å². The second-order valence-electron chi connectivity index (χ2n) is 8.35. The molecule has 2 aliphatic rings. The van der Waals surface area contributed by atoms with Gasteiger partial charge < -0.3 is 4.90 Å². The zero-order valence-corrected chi connectivity index (χ0v) is 17.6. The summed E-state index contributed by atoms with van der Waals surface area (Å²) in [6, 6.07) is 11.8. The van der Waals surface area contributed by atoms with Crippen LogP contribution in [-0.4, -0.2) is 57.1 Å². The summed E-state index contributed by atoms with van der Waals surface area (Å²) in [7, 11) is 0. The lowest BCUT2D eigenvalue weighted by atomic mass is 9.80. The van der Waals surface area contributed by atoms with Crippen molar-refractivity contribution >= 4 is 17.2 Å². The second kappa shape index (κ2) is 7.07. The number of aromatic amines is 1. The van der Waals surface area contributed by atoms with E-state index in [-0.39, 0.29) is 11.3 Å². The van der Waals surface area contributed by atoms with Crippen LogP contribution in [-0.2, 0) is 12.0 Å². The molecule has 0 radical (unpaired) electrons. The highest BCUT2D eigenvalue weighted by Crippen LogP contribution is 2.44. The first-order chi connectivity index (χ1) is 14.0. The lowest BCUT2D eigenvalue weighted by molar-refractivity contribution is 0.0769. The van der Waals surface area contributed by atoms with Crippen LogP contribution in [0.5, 0.6) is 0 Å². The predicted molar refractivity (Wildman–Crippen MR) is 113 cm³/mol. The van der Waals surface area contributed by atoms with E-state index < -0.39 is 0 Å². The molecule has 5 rings (SSSR count). The minimum Gasteiger partial charge on any atom is -0.337 e. The van der Waals surface area contributed by atoms with Gasteiger partial charge in [0.2, 0.25) is 0 Å². The molecule has 29 heavy (non-hydrogen) atoms. The van der Waals surface area contributed by atoms with Crippen molar-refractivity contribution in [2.45, 2.75) is 25.8 Å². The molecule has 7 heteroatoms. The molecule has 2 aromatic heterocycles. The van der Waals surface area contributed by atoms with Crippen molar-refractivity contribution in [3.05, 3.63) is 69.4 Å². The van der Waals surface area contributed by atoms with Crippen LogP contribution >= 0.6 is 11.3 Å². The zero-order valence-electron chi connectivity index (χ0n) is 16.8. The van der Waals surface area contributed by atoms with E-state index >= 15 is 0 Å². The summed E-state index contributed by atoms with van der Waals surface area (Å²) in [6.45, 7) is 8.33. The number of aryl methyl sites for hydroxylation is 2. The molecule has 150 valence electrons. The number of likely N-dealkylation sites (tertiary alicyclic amines) is 2. The number of benzene rings is 1. The average Bonchev–Trinajstić information content (AvgIpc) is 3.47. The molecule has 2 aliphatic heterocycles. The van der Waals surface area contributed by atoms with Gasteiger partial charge in [-0.05, 0) is 43.0 Å². The molecule has 1 amide bonds. The SMILES string of the molecule is Cc1nc([C@@]23CN(Cc4sccc4C)C[C@@H]2CN(C(=O)c2ccccc2)C3)n[nH]1. The third kappa shape index (κ3) is 3.18. The summed E-state index contributed by atoms with van der Waals surface area (Å²) in [5.41, 5.74) is 1.90. The molecular weight excluding hydrogens is 382 g/mol. The number of aromatic nitrogens is 3. The molecule has 1 N–H and O–H groups in total. The quantitative estimate of drug-likeness (QED) is 0.722. The Morgan fingerprint density at radius 3 is 2.72 bits per heavy atom. The predicted octanol–water partition coefficient (Wildman–Crippen LogP) is 3.01. The number of hydrogen-bond donors (Lipinski definition) is 1. The molecule has 0 unspecified atom stereocenters. The van der Waals surface area contributed by atoms with Crippen LogP contribution in [0.15, 0.2) is 41.8 Å². The van der Waals surface area contributed by atoms with Crippen LogP contribution in [0.1, 0.15) is 32.4 Å². The molecule has 2 fully saturated rings. The van der Waals surface area contributed by atoms with E-state index in [0.29, 0.717) is 12.5 Å². The molecule has 2 atom stereocenters. The number of rotatable bonds is 4. The van der Waals surface area contributed by atoms with Crippen LogP contribution in [0, 0.1) is 19.8 Å². The maximum Gasteiger partial charge on any atom is 0.253 e. The highest BCUT2D eigenvalue weighted by atomic mass is 32.1. The number of carbonyl (C=O) groups excluding carboxylic acids is 1. The standard InChI is InChI=1S/C22H25N5OS/c1-15-8-9-29-19(15)12-26-10-18-11-27(20(28)17-6-4-3-5-7-17)14-22(18,13-26)21-23-16(2)24-25-21/h3-9,18H,10-14H2,1-2H3,(H,23,24,25)/t18-,22-/m1/s1. The van der Waals surface area contributed by atoms with Crippen LogP contribution in [0.2, 0.25) is 0 Å². The zero-order chi connectivity index (χ0) is 20.0. The van der Waals surface area contributed by atoms with Crippen LogP contribution in [0.4, 0.5) is 0 Å². The average molecular weight is 408 g/mol. The Balaban J connectivity index is 1.42. The summed E-state index contributed by atoms with van der Waals surface area (Å²) in [5.74, 6) is 2.13. The maximum atomic E-state index is 13.1. The lowest BCUT2D eigenvalue weighted by Crippen LogP contribution is -2.40. The molecule has 6 nitrogen and oxygen atoms in total. The van der Waals surface area contributed by atoms with Crippen molar-refractivity contribution in [3.63, 3.8) is 0 Å². The van der Waals surface area contributed by atoms with Crippen molar-refractivity contribution in [1.29, 1.82) is 0 Å². The molecule has 3 aromatic rings. The first-order valence-electron chi connectivity index (χ1n) is 10.0. The minimum atomic E-state index is -0.208. The number of H-pyrrole nitrogens is 1. The van der Waals surface area contributed by atoms with E-state index in [1.54, 1.807) is 0 Å². The monoisotopic (exact) mass is 407 g/mol. The molecule has 0 aliphatic carbocycles. The van der Waals surface area contributed by atoms with Crippen molar-refractivity contribution in [2.75, 3.05) is 26.2 Å². The van der Waals surface area contributed by atoms with Crippen molar-refractivity contribution in [2.24, 2.45) is 5.92 Å². The molecular formula is C22H25N5OS. The van der Waals surface area contributed by atoms with E-state index in [1.807, 2.05) is 53.5 Å². The second-order valence-corrected chi connectivity index (χ2v) is 9.35. The number of nitrogens with one attached hydrogen (secondary N) is 1. The van der Waals surface area contributed by atoms with Gasteiger partial charge in [0, 0.05) is 49.1 Å². The maximum absolute atomic E-state index is 13.1. The molecule has 0 spiro atoms. The van der Waals surface area contributed by atoms with Crippen LogP contribution in [0.25, 0.3) is 0 Å². The van der Waals surface area contributed by atoms with Gasteiger partial charge in [0.25, 0.3) is 5.91 Å². The topological polar surface area (TPSA) is 65.1 Å². The normalized spacial score (nSPS) is 24.2. The van der Waals surface area contributed by atoms with Crippen LogP contribution in [0.3, 0.4) is 0 Å². The highest BCUT2D eigenvalue weighted by molar-refractivity contribution is 7.10. The number of amides is 1. The van der Waals surface area contributed by atoms with E-state index in [1.165, 1.54) is 10.4 Å². The Morgan fingerprint density at radius 2 is 2.03 bits per heavy atom. The van der Waals surface area contributed by atoms with Gasteiger partial charge in [0.15, 0.2) is 5.82 Å². The molecule has 0 saturated carbocycles. The number of hydrogen-bond acceptors (Lipinski definition) is 5. The van der Waals surface area contributed by atoms with E-state index in [0.717, 1.165) is 43.4 Å². The van der Waals surface area contributed by atoms with Gasteiger partial charge in [-0.1, -0.05) is 18.2 Å². The minimum absolute atomic E-state index is 0.104. The summed E-state index contributed by atoms with van der Waals surface area (Å²) in [6.07, 6.45) is 0. The summed E-state index contributed by atoms with van der Waals surface area (Å²) < 4.78 is 0. The number of nitrogens with zero attached hydrogens (tertiary/aromatic N) is 4. The van der Waals surface area contributed by atoms with Gasteiger partial charge in [0.05, 0.1) is 5.41 Å². The summed E-state index contributed by atoms with van der Waals surface area (Å²) in [5, 5.41) is 9.73.